The summed E-state index contributed by atoms with van der Waals surface area (Å²) in [6.45, 7) is 0. The van der Waals surface area contributed by atoms with Crippen molar-refractivity contribution in [1.82, 2.24) is 0 Å². The largest absolute Gasteiger partial charge is 0.465 e. The molecule has 23 heavy (non-hydrogen) atoms. The summed E-state index contributed by atoms with van der Waals surface area (Å²) < 4.78 is 18.3. The second kappa shape index (κ2) is 7.56. The molecule has 0 saturated heterocycles. The molecular formula is C17H13ClFNO3. The van der Waals surface area contributed by atoms with Gasteiger partial charge in [0, 0.05) is 11.1 Å². The van der Waals surface area contributed by atoms with Gasteiger partial charge in [-0.3, -0.25) is 4.79 Å². The third kappa shape index (κ3) is 4.40. The van der Waals surface area contributed by atoms with Crippen LogP contribution in [0.4, 0.5) is 10.1 Å². The van der Waals surface area contributed by atoms with Crippen LogP contribution in [0.3, 0.4) is 0 Å². The van der Waals surface area contributed by atoms with Crippen molar-refractivity contribution in [3.05, 3.63) is 70.5 Å². The molecule has 0 aromatic heterocycles. The predicted molar refractivity (Wildman–Crippen MR) is 86.9 cm³/mol. The summed E-state index contributed by atoms with van der Waals surface area (Å²) in [5.41, 5.74) is 0.689. The normalized spacial score (nSPS) is 10.6. The van der Waals surface area contributed by atoms with E-state index in [4.69, 9.17) is 11.6 Å². The predicted octanol–water partition coefficient (Wildman–Crippen LogP) is 3.92. The Hall–Kier alpha value is -2.66. The van der Waals surface area contributed by atoms with Crippen LogP contribution in [-0.2, 0) is 9.53 Å². The maximum atomic E-state index is 13.7. The van der Waals surface area contributed by atoms with E-state index in [1.165, 1.54) is 31.4 Å². The van der Waals surface area contributed by atoms with Gasteiger partial charge >= 0.3 is 5.97 Å². The first-order valence-electron chi connectivity index (χ1n) is 6.62. The average Bonchev–Trinajstić information content (AvgIpc) is 2.55. The zero-order valence-corrected chi connectivity index (χ0v) is 12.9. The first kappa shape index (κ1) is 16.7. The lowest BCUT2D eigenvalue weighted by Gasteiger charge is -2.06. The number of carbonyl (C=O) groups is 2. The van der Waals surface area contributed by atoms with Crippen LogP contribution in [0.5, 0.6) is 0 Å². The Kier molecular flexibility index (Phi) is 5.49. The van der Waals surface area contributed by atoms with Crippen LogP contribution < -0.4 is 5.32 Å². The highest BCUT2D eigenvalue weighted by atomic mass is 35.5. The summed E-state index contributed by atoms with van der Waals surface area (Å²) in [5, 5.41) is 2.86. The molecule has 0 fully saturated rings. The standard InChI is InChI=1S/C17H13ClFNO3/c1-23-17(22)12-6-8-14(19)15(10-12)20-16(21)9-7-11-4-2-3-5-13(11)18/h2-10H,1H3,(H,20,21)/b9-7+. The number of hydrogen-bond donors (Lipinski definition) is 1. The number of halogens is 2. The Balaban J connectivity index is 2.14. The number of ether oxygens (including phenoxy) is 1. The van der Waals surface area contributed by atoms with Crippen molar-refractivity contribution in [2.45, 2.75) is 0 Å². The number of methoxy groups -OCH3 is 1. The second-order valence-corrected chi connectivity index (χ2v) is 4.94. The topological polar surface area (TPSA) is 55.4 Å². The van der Waals surface area contributed by atoms with Crippen LogP contribution in [0, 0.1) is 5.82 Å². The van der Waals surface area contributed by atoms with Gasteiger partial charge in [-0.25, -0.2) is 9.18 Å². The summed E-state index contributed by atoms with van der Waals surface area (Å²) in [7, 11) is 1.22. The smallest absolute Gasteiger partial charge is 0.337 e. The average molecular weight is 334 g/mol. The van der Waals surface area contributed by atoms with Gasteiger partial charge in [-0.15, -0.1) is 0 Å². The third-order valence-corrected chi connectivity index (χ3v) is 3.31. The molecule has 4 nitrogen and oxygen atoms in total. The molecule has 0 bridgehead atoms. The first-order valence-corrected chi connectivity index (χ1v) is 7.00. The van der Waals surface area contributed by atoms with Crippen molar-refractivity contribution in [3.8, 4) is 0 Å². The Morgan fingerprint density at radius 1 is 1.22 bits per heavy atom. The van der Waals surface area contributed by atoms with E-state index in [9.17, 15) is 14.0 Å². The molecule has 118 valence electrons. The van der Waals surface area contributed by atoms with Crippen LogP contribution in [0.1, 0.15) is 15.9 Å². The zero-order valence-electron chi connectivity index (χ0n) is 12.2. The van der Waals surface area contributed by atoms with Crippen LogP contribution >= 0.6 is 11.6 Å². The molecule has 0 aliphatic carbocycles. The van der Waals surface area contributed by atoms with E-state index in [-0.39, 0.29) is 11.3 Å². The third-order valence-electron chi connectivity index (χ3n) is 2.96. The van der Waals surface area contributed by atoms with Crippen LogP contribution in [-0.4, -0.2) is 19.0 Å². The van der Waals surface area contributed by atoms with Crippen molar-refractivity contribution in [2.24, 2.45) is 0 Å². The molecule has 0 atom stereocenters. The van der Waals surface area contributed by atoms with E-state index >= 15 is 0 Å². The molecule has 2 aromatic rings. The quantitative estimate of drug-likeness (QED) is 0.681. The van der Waals surface area contributed by atoms with Gasteiger partial charge in [0.15, 0.2) is 0 Å². The fourth-order valence-electron chi connectivity index (χ4n) is 1.82. The van der Waals surface area contributed by atoms with Crippen LogP contribution in [0.15, 0.2) is 48.5 Å². The number of esters is 1. The number of amides is 1. The van der Waals surface area contributed by atoms with Gasteiger partial charge in [-0.05, 0) is 35.9 Å². The number of benzene rings is 2. The summed E-state index contributed by atoms with van der Waals surface area (Å²) in [4.78, 5) is 23.3. The van der Waals surface area contributed by atoms with Gasteiger partial charge in [-0.2, -0.15) is 0 Å². The van der Waals surface area contributed by atoms with Gasteiger partial charge in [0.1, 0.15) is 5.82 Å². The van der Waals surface area contributed by atoms with Crippen molar-refractivity contribution in [2.75, 3.05) is 12.4 Å². The highest BCUT2D eigenvalue weighted by Gasteiger charge is 2.11. The summed E-state index contributed by atoms with van der Waals surface area (Å²) in [6.07, 6.45) is 2.74. The number of nitrogens with one attached hydrogen (secondary N) is 1. The minimum atomic E-state index is -0.655. The van der Waals surface area contributed by atoms with Crippen molar-refractivity contribution in [1.29, 1.82) is 0 Å². The number of anilines is 1. The Morgan fingerprint density at radius 3 is 2.65 bits per heavy atom. The molecule has 0 aliphatic heterocycles. The van der Waals surface area contributed by atoms with Crippen molar-refractivity contribution < 1.29 is 18.7 Å². The van der Waals surface area contributed by atoms with E-state index < -0.39 is 17.7 Å². The van der Waals surface area contributed by atoms with Gasteiger partial charge in [0.25, 0.3) is 0 Å². The molecular weight excluding hydrogens is 321 g/mol. The summed E-state index contributed by atoms with van der Waals surface area (Å²) >= 11 is 5.97. The lowest BCUT2D eigenvalue weighted by Crippen LogP contribution is -2.11. The van der Waals surface area contributed by atoms with Crippen molar-refractivity contribution >= 4 is 35.2 Å². The lowest BCUT2D eigenvalue weighted by molar-refractivity contribution is -0.111. The van der Waals surface area contributed by atoms with E-state index in [2.05, 4.69) is 10.1 Å². The molecule has 1 N–H and O–H groups in total. The maximum Gasteiger partial charge on any atom is 0.337 e. The molecule has 0 unspecified atom stereocenters. The maximum absolute atomic E-state index is 13.7. The van der Waals surface area contributed by atoms with E-state index in [1.54, 1.807) is 24.3 Å². The Bertz CT molecular complexity index is 774. The number of carbonyl (C=O) groups excluding carboxylic acids is 2. The highest BCUT2D eigenvalue weighted by molar-refractivity contribution is 6.32. The first-order chi connectivity index (χ1) is 11.0. The summed E-state index contributed by atoms with van der Waals surface area (Å²) in [5.74, 6) is -1.82. The van der Waals surface area contributed by atoms with Crippen LogP contribution in [0.2, 0.25) is 5.02 Å². The molecule has 0 saturated carbocycles. The fourth-order valence-corrected chi connectivity index (χ4v) is 2.01. The molecule has 2 aromatic carbocycles. The molecule has 2 rings (SSSR count). The van der Waals surface area contributed by atoms with Crippen LogP contribution in [0.25, 0.3) is 6.08 Å². The Morgan fingerprint density at radius 2 is 1.96 bits per heavy atom. The molecule has 0 aliphatic rings. The summed E-state index contributed by atoms with van der Waals surface area (Å²) in [6, 6.07) is 10.6. The monoisotopic (exact) mass is 333 g/mol. The molecule has 0 heterocycles. The fraction of sp³-hybridized carbons (Fsp3) is 0.0588. The SMILES string of the molecule is COC(=O)c1ccc(F)c(NC(=O)/C=C/c2ccccc2Cl)c1. The van der Waals surface area contributed by atoms with Gasteiger partial charge in [0.05, 0.1) is 18.4 Å². The highest BCUT2D eigenvalue weighted by Crippen LogP contribution is 2.18. The van der Waals surface area contributed by atoms with Gasteiger partial charge in [-0.1, -0.05) is 29.8 Å². The van der Waals surface area contributed by atoms with Gasteiger partial charge in [0.2, 0.25) is 5.91 Å². The molecule has 0 spiro atoms. The zero-order chi connectivity index (χ0) is 16.8. The number of hydrogen-bond acceptors (Lipinski definition) is 3. The lowest BCUT2D eigenvalue weighted by atomic mass is 10.2. The van der Waals surface area contributed by atoms with E-state index in [0.29, 0.717) is 10.6 Å². The minimum Gasteiger partial charge on any atom is -0.465 e. The van der Waals surface area contributed by atoms with E-state index in [0.717, 1.165) is 6.07 Å². The van der Waals surface area contributed by atoms with Crippen molar-refractivity contribution in [3.63, 3.8) is 0 Å². The second-order valence-electron chi connectivity index (χ2n) is 4.53. The van der Waals surface area contributed by atoms with E-state index in [1.807, 2.05) is 0 Å². The molecule has 0 radical (unpaired) electrons. The van der Waals surface area contributed by atoms with Gasteiger partial charge < -0.3 is 10.1 Å². The molecule has 6 heteroatoms. The Labute approximate surface area is 137 Å². The minimum absolute atomic E-state index is 0.110. The number of rotatable bonds is 4. The molecule has 1 amide bonds.